The van der Waals surface area contributed by atoms with Crippen molar-refractivity contribution in [3.8, 4) is 0 Å². The summed E-state index contributed by atoms with van der Waals surface area (Å²) in [5.74, 6) is 2.21. The maximum atomic E-state index is 10.9. The topological polar surface area (TPSA) is 20.2 Å². The summed E-state index contributed by atoms with van der Waals surface area (Å²) in [6.45, 7) is 20.4. The highest BCUT2D eigenvalue weighted by Crippen LogP contribution is 2.75. The summed E-state index contributed by atoms with van der Waals surface area (Å²) in [4.78, 5) is 0. The quantitative estimate of drug-likeness (QED) is 0.387. The highest BCUT2D eigenvalue weighted by atomic mass is 16.3. The van der Waals surface area contributed by atoms with Crippen LogP contribution in [0.4, 0.5) is 0 Å². The van der Waals surface area contributed by atoms with Crippen molar-refractivity contribution in [2.24, 2.45) is 50.2 Å². The minimum absolute atomic E-state index is 0.0533. The molecule has 0 amide bonds. The number of aliphatic hydroxyl groups is 1. The molecule has 0 aromatic carbocycles. The van der Waals surface area contributed by atoms with Gasteiger partial charge in [-0.15, -0.1) is 0 Å². The zero-order valence-corrected chi connectivity index (χ0v) is 21.9. The van der Waals surface area contributed by atoms with Gasteiger partial charge in [0.2, 0.25) is 0 Å². The molecule has 31 heavy (non-hydrogen) atoms. The van der Waals surface area contributed by atoms with Gasteiger partial charge in [-0.3, -0.25) is 0 Å². The van der Waals surface area contributed by atoms with E-state index < -0.39 is 0 Å². The molecule has 0 spiro atoms. The molecule has 0 heterocycles. The number of rotatable bonds is 0. The normalized spacial score (nSPS) is 55.2. The Bertz CT molecular complexity index is 790. The molecule has 4 saturated carbocycles. The van der Waals surface area contributed by atoms with Gasteiger partial charge in [0.1, 0.15) is 0 Å². The summed E-state index contributed by atoms with van der Waals surface area (Å²) in [5, 5.41) is 10.9. The second kappa shape index (κ2) is 6.43. The van der Waals surface area contributed by atoms with E-state index in [1.165, 1.54) is 57.8 Å². The van der Waals surface area contributed by atoms with Crippen molar-refractivity contribution in [2.75, 3.05) is 0 Å². The maximum Gasteiger partial charge on any atom is 0.0594 e. The molecule has 0 saturated heterocycles. The summed E-state index contributed by atoms with van der Waals surface area (Å²) in [5.41, 5.74) is 4.09. The summed E-state index contributed by atoms with van der Waals surface area (Å²) in [6.07, 6.45) is 15.9. The molecule has 0 unspecified atom stereocenters. The number of fused-ring (bicyclic) bond motifs is 7. The van der Waals surface area contributed by atoms with E-state index in [-0.39, 0.29) is 11.5 Å². The number of hydrogen-bond acceptors (Lipinski definition) is 1. The van der Waals surface area contributed by atoms with Gasteiger partial charge in [-0.05, 0) is 114 Å². The van der Waals surface area contributed by atoms with Gasteiger partial charge >= 0.3 is 0 Å². The highest BCUT2D eigenvalue weighted by Gasteiger charge is 2.67. The Labute approximate surface area is 192 Å². The van der Waals surface area contributed by atoms with Crippen LogP contribution in [0.1, 0.15) is 120 Å². The zero-order chi connectivity index (χ0) is 22.7. The van der Waals surface area contributed by atoms with Crippen molar-refractivity contribution in [1.82, 2.24) is 0 Å². The molecule has 0 radical (unpaired) electrons. The first-order valence-electron chi connectivity index (χ1n) is 13.6. The molecule has 0 aliphatic heterocycles. The first-order valence-corrected chi connectivity index (χ1v) is 13.6. The standard InChI is InChI=1S/C30H50O/c1-25(2)15-16-27(5)17-18-29(7)20(21(27)19-25)9-10-23-28(6)13-12-24(31)26(3,4)22(28)11-14-30(23,29)8/h9,21-24,31H,10-19H2,1-8H3/t21-,22-,23-,24+,27+,28-,29+,30+/m0/s1. The SMILES string of the molecule is CC1(C)CC[C@]2(C)CC[C@]3(C)C(=CC[C@H]4[C@@]5(C)CC[C@@H](O)C(C)(C)[C@@H]5CC[C@]43C)[C@@H]2C1. The molecule has 1 nitrogen and oxygen atoms in total. The van der Waals surface area contributed by atoms with E-state index in [9.17, 15) is 5.11 Å². The Kier molecular flexibility index (Phi) is 4.66. The fourth-order valence-corrected chi connectivity index (χ4v) is 10.5. The van der Waals surface area contributed by atoms with Crippen molar-refractivity contribution in [1.29, 1.82) is 0 Å². The van der Waals surface area contributed by atoms with E-state index in [1.54, 1.807) is 0 Å². The Hall–Kier alpha value is -0.300. The molecular weight excluding hydrogens is 376 g/mol. The van der Waals surface area contributed by atoms with Crippen molar-refractivity contribution < 1.29 is 5.11 Å². The Morgan fingerprint density at radius 3 is 2.16 bits per heavy atom. The number of hydrogen-bond donors (Lipinski definition) is 1. The molecule has 5 aliphatic carbocycles. The summed E-state index contributed by atoms with van der Waals surface area (Å²) in [7, 11) is 0. The lowest BCUT2D eigenvalue weighted by molar-refractivity contribution is -0.202. The third-order valence-corrected chi connectivity index (χ3v) is 13.0. The van der Waals surface area contributed by atoms with Crippen LogP contribution in [0.15, 0.2) is 11.6 Å². The minimum atomic E-state index is -0.125. The van der Waals surface area contributed by atoms with E-state index in [0.29, 0.717) is 33.0 Å². The molecule has 1 heteroatoms. The van der Waals surface area contributed by atoms with E-state index in [0.717, 1.165) is 18.3 Å². The molecular formula is C30H50O. The molecule has 5 aliphatic rings. The first kappa shape index (κ1) is 22.5. The Morgan fingerprint density at radius 2 is 1.45 bits per heavy atom. The summed E-state index contributed by atoms with van der Waals surface area (Å²) < 4.78 is 0. The molecule has 5 rings (SSSR count). The monoisotopic (exact) mass is 426 g/mol. The average molecular weight is 427 g/mol. The van der Waals surface area contributed by atoms with Gasteiger partial charge in [0.05, 0.1) is 6.10 Å². The van der Waals surface area contributed by atoms with E-state index in [2.05, 4.69) is 61.5 Å². The Morgan fingerprint density at radius 1 is 0.774 bits per heavy atom. The van der Waals surface area contributed by atoms with Gasteiger partial charge < -0.3 is 5.11 Å². The van der Waals surface area contributed by atoms with Gasteiger partial charge in [0.25, 0.3) is 0 Å². The summed E-state index contributed by atoms with van der Waals surface area (Å²) in [6, 6.07) is 0. The zero-order valence-electron chi connectivity index (χ0n) is 21.9. The lowest BCUT2D eigenvalue weighted by atomic mass is 9.33. The van der Waals surface area contributed by atoms with Gasteiger partial charge in [-0.2, -0.15) is 0 Å². The summed E-state index contributed by atoms with van der Waals surface area (Å²) >= 11 is 0. The lowest BCUT2D eigenvalue weighted by Gasteiger charge is -2.71. The average Bonchev–Trinajstić information content (AvgIpc) is 2.67. The fourth-order valence-electron chi connectivity index (χ4n) is 10.5. The fraction of sp³-hybridized carbons (Fsp3) is 0.933. The van der Waals surface area contributed by atoms with Gasteiger partial charge in [-0.25, -0.2) is 0 Å². The molecule has 0 aromatic rings. The van der Waals surface area contributed by atoms with Crippen LogP contribution in [-0.2, 0) is 0 Å². The molecule has 176 valence electrons. The van der Waals surface area contributed by atoms with E-state index >= 15 is 0 Å². The van der Waals surface area contributed by atoms with E-state index in [1.807, 2.05) is 5.57 Å². The van der Waals surface area contributed by atoms with Crippen LogP contribution in [-0.4, -0.2) is 11.2 Å². The van der Waals surface area contributed by atoms with Gasteiger partial charge in [0.15, 0.2) is 0 Å². The molecule has 0 bridgehead atoms. The van der Waals surface area contributed by atoms with Crippen molar-refractivity contribution >= 4 is 0 Å². The van der Waals surface area contributed by atoms with Crippen LogP contribution in [0.5, 0.6) is 0 Å². The second-order valence-corrected chi connectivity index (χ2v) is 15.2. The number of aliphatic hydroxyl groups excluding tert-OH is 1. The lowest BCUT2D eigenvalue weighted by Crippen LogP contribution is -2.64. The smallest absolute Gasteiger partial charge is 0.0594 e. The third kappa shape index (κ3) is 2.77. The second-order valence-electron chi connectivity index (χ2n) is 15.2. The van der Waals surface area contributed by atoms with Crippen LogP contribution in [0.3, 0.4) is 0 Å². The molecule has 8 atom stereocenters. The highest BCUT2D eigenvalue weighted by molar-refractivity contribution is 5.33. The van der Waals surface area contributed by atoms with Crippen LogP contribution in [0.2, 0.25) is 0 Å². The predicted octanol–water partition coefficient (Wildman–Crippen LogP) is 8.17. The molecule has 1 N–H and O–H groups in total. The van der Waals surface area contributed by atoms with E-state index in [4.69, 9.17) is 0 Å². The van der Waals surface area contributed by atoms with Crippen molar-refractivity contribution in [3.63, 3.8) is 0 Å². The van der Waals surface area contributed by atoms with Crippen LogP contribution < -0.4 is 0 Å². The molecule has 0 aromatic heterocycles. The third-order valence-electron chi connectivity index (χ3n) is 13.0. The van der Waals surface area contributed by atoms with Crippen LogP contribution >= 0.6 is 0 Å². The first-order chi connectivity index (χ1) is 14.2. The van der Waals surface area contributed by atoms with Crippen molar-refractivity contribution in [3.05, 3.63) is 11.6 Å². The molecule has 4 fully saturated rings. The van der Waals surface area contributed by atoms with Crippen LogP contribution in [0, 0.1) is 50.2 Å². The van der Waals surface area contributed by atoms with Crippen LogP contribution in [0.25, 0.3) is 0 Å². The van der Waals surface area contributed by atoms with Gasteiger partial charge in [0, 0.05) is 0 Å². The largest absolute Gasteiger partial charge is 0.393 e. The predicted molar refractivity (Wildman–Crippen MR) is 131 cm³/mol. The Balaban J connectivity index is 1.57. The minimum Gasteiger partial charge on any atom is -0.393 e. The number of allylic oxidation sites excluding steroid dienone is 2. The van der Waals surface area contributed by atoms with Gasteiger partial charge in [-0.1, -0.05) is 67.0 Å². The van der Waals surface area contributed by atoms with Crippen molar-refractivity contribution in [2.45, 2.75) is 126 Å². The maximum absolute atomic E-state index is 10.9.